The van der Waals surface area contributed by atoms with E-state index in [-0.39, 0.29) is 23.7 Å². The Labute approximate surface area is 157 Å². The Bertz CT molecular complexity index is 950. The summed E-state index contributed by atoms with van der Waals surface area (Å²) >= 11 is 0. The molecule has 0 N–H and O–H groups in total. The van der Waals surface area contributed by atoms with Crippen LogP contribution < -0.4 is 5.69 Å². The molecule has 1 saturated heterocycles. The number of fused-ring (bicyclic) bond motifs is 3. The summed E-state index contributed by atoms with van der Waals surface area (Å²) in [5.41, 5.74) is 1.59. The molecule has 1 saturated carbocycles. The van der Waals surface area contributed by atoms with Crippen LogP contribution in [0.15, 0.2) is 11.0 Å². The number of amides is 1. The van der Waals surface area contributed by atoms with Crippen LogP contribution in [-0.2, 0) is 26.1 Å². The van der Waals surface area contributed by atoms with Gasteiger partial charge in [-0.15, -0.1) is 0 Å². The van der Waals surface area contributed by atoms with Gasteiger partial charge in [-0.05, 0) is 45.4 Å². The average Bonchev–Trinajstić information content (AvgIpc) is 3.21. The van der Waals surface area contributed by atoms with Gasteiger partial charge in [0.1, 0.15) is 5.82 Å². The van der Waals surface area contributed by atoms with Crippen molar-refractivity contribution in [3.63, 3.8) is 0 Å². The van der Waals surface area contributed by atoms with E-state index in [4.69, 9.17) is 0 Å². The summed E-state index contributed by atoms with van der Waals surface area (Å²) in [6, 6.07) is 0.175. The molecule has 2 unspecified atom stereocenters. The number of hydrogen-bond donors (Lipinski definition) is 0. The number of carbonyl (C=O) groups is 1. The maximum atomic E-state index is 13.3. The topological polar surface area (TPSA) is 78.0 Å². The second kappa shape index (κ2) is 6.07. The van der Waals surface area contributed by atoms with Crippen LogP contribution in [0.1, 0.15) is 54.5 Å². The van der Waals surface area contributed by atoms with Crippen LogP contribution in [0.3, 0.4) is 0 Å². The first-order valence-corrected chi connectivity index (χ1v) is 10.1. The first-order valence-electron chi connectivity index (χ1n) is 10.1. The van der Waals surface area contributed by atoms with Crippen molar-refractivity contribution in [2.24, 2.45) is 5.92 Å². The fourth-order valence-electron chi connectivity index (χ4n) is 4.69. The minimum atomic E-state index is -0.00756. The number of aromatic nitrogens is 5. The van der Waals surface area contributed by atoms with E-state index in [1.54, 1.807) is 10.9 Å². The zero-order valence-electron chi connectivity index (χ0n) is 16.0. The quantitative estimate of drug-likeness (QED) is 0.810. The molecule has 27 heavy (non-hydrogen) atoms. The largest absolute Gasteiger partial charge is 0.345 e. The van der Waals surface area contributed by atoms with Crippen LogP contribution in [0, 0.1) is 12.8 Å². The van der Waals surface area contributed by atoms with Gasteiger partial charge in [-0.2, -0.15) is 10.2 Å². The summed E-state index contributed by atoms with van der Waals surface area (Å²) in [6.07, 6.45) is 6.67. The predicted molar refractivity (Wildman–Crippen MR) is 98.5 cm³/mol. The van der Waals surface area contributed by atoms with Gasteiger partial charge in [0.05, 0.1) is 17.8 Å². The molecule has 3 aliphatic rings. The molecular formula is C19H26N6O2. The smallest absolute Gasteiger partial charge is 0.330 e. The van der Waals surface area contributed by atoms with Crippen molar-refractivity contribution in [3.05, 3.63) is 33.8 Å². The first kappa shape index (κ1) is 16.8. The van der Waals surface area contributed by atoms with Crippen LogP contribution >= 0.6 is 0 Å². The fourth-order valence-corrected chi connectivity index (χ4v) is 4.69. The minimum Gasteiger partial charge on any atom is -0.330 e. The van der Waals surface area contributed by atoms with E-state index >= 15 is 0 Å². The number of hydrogen-bond acceptors (Lipinski definition) is 4. The SMILES string of the molecule is CCn1ncc(C(=O)N2C3CCC2Cn2c(nn(CC4CC4)c2=O)C3)c1C. The van der Waals surface area contributed by atoms with Gasteiger partial charge >= 0.3 is 5.69 Å². The second-order valence-corrected chi connectivity index (χ2v) is 8.20. The molecule has 1 aliphatic carbocycles. The molecule has 5 rings (SSSR count). The second-order valence-electron chi connectivity index (χ2n) is 8.20. The lowest BCUT2D eigenvalue weighted by molar-refractivity contribution is 0.0664. The number of nitrogens with zero attached hydrogens (tertiary/aromatic N) is 6. The molecule has 0 aromatic carbocycles. The maximum Gasteiger partial charge on any atom is 0.345 e. The Morgan fingerprint density at radius 3 is 2.67 bits per heavy atom. The van der Waals surface area contributed by atoms with Gasteiger partial charge in [0.2, 0.25) is 0 Å². The molecule has 2 atom stereocenters. The number of rotatable bonds is 4. The van der Waals surface area contributed by atoms with E-state index < -0.39 is 0 Å². The molecule has 1 amide bonds. The fraction of sp³-hybridized carbons (Fsp3) is 0.684. The van der Waals surface area contributed by atoms with Crippen molar-refractivity contribution in [2.75, 3.05) is 0 Å². The van der Waals surface area contributed by atoms with Crippen LogP contribution in [-0.4, -0.2) is 47.0 Å². The van der Waals surface area contributed by atoms with Gasteiger partial charge in [0.15, 0.2) is 0 Å². The molecule has 8 nitrogen and oxygen atoms in total. The van der Waals surface area contributed by atoms with Gasteiger partial charge < -0.3 is 4.90 Å². The highest BCUT2D eigenvalue weighted by atomic mass is 16.2. The molecular weight excluding hydrogens is 344 g/mol. The first-order chi connectivity index (χ1) is 13.1. The standard InChI is InChI=1S/C19H26N6O2/c1-3-23-12(2)16(9-20-23)18(26)25-14-6-7-15(25)11-22-17(8-14)21-24(19(22)27)10-13-4-5-13/h9,13-15H,3-8,10-11H2,1-2H3. The molecule has 2 fully saturated rings. The Morgan fingerprint density at radius 1 is 1.19 bits per heavy atom. The third-order valence-corrected chi connectivity index (χ3v) is 6.43. The molecule has 0 spiro atoms. The lowest BCUT2D eigenvalue weighted by Crippen LogP contribution is -2.43. The number of aryl methyl sites for hydroxylation is 1. The summed E-state index contributed by atoms with van der Waals surface area (Å²) in [5.74, 6) is 1.50. The van der Waals surface area contributed by atoms with Gasteiger partial charge in [0.25, 0.3) is 5.91 Å². The zero-order valence-corrected chi connectivity index (χ0v) is 16.0. The highest BCUT2D eigenvalue weighted by Crippen LogP contribution is 2.33. The van der Waals surface area contributed by atoms with Crippen molar-refractivity contribution in [1.29, 1.82) is 0 Å². The van der Waals surface area contributed by atoms with Crippen molar-refractivity contribution >= 4 is 5.91 Å². The van der Waals surface area contributed by atoms with Crippen molar-refractivity contribution in [3.8, 4) is 0 Å². The van der Waals surface area contributed by atoms with Crippen LogP contribution in [0.2, 0.25) is 0 Å². The molecule has 4 heterocycles. The molecule has 0 radical (unpaired) electrons. The van der Waals surface area contributed by atoms with E-state index in [9.17, 15) is 9.59 Å². The van der Waals surface area contributed by atoms with E-state index in [2.05, 4.69) is 10.2 Å². The molecule has 2 aromatic rings. The van der Waals surface area contributed by atoms with Gasteiger partial charge in [-0.1, -0.05) is 0 Å². The Morgan fingerprint density at radius 2 is 1.96 bits per heavy atom. The Hall–Kier alpha value is -2.38. The lowest BCUT2D eigenvalue weighted by Gasteiger charge is -2.27. The normalized spacial score (nSPS) is 24.1. The van der Waals surface area contributed by atoms with Gasteiger partial charge in [-0.25, -0.2) is 9.48 Å². The Balaban J connectivity index is 1.44. The summed E-state index contributed by atoms with van der Waals surface area (Å²) in [4.78, 5) is 28.1. The Kier molecular flexibility index (Phi) is 3.77. The zero-order chi connectivity index (χ0) is 18.7. The minimum absolute atomic E-state index is 0.00756. The van der Waals surface area contributed by atoms with Crippen molar-refractivity contribution < 1.29 is 4.79 Å². The van der Waals surface area contributed by atoms with Crippen molar-refractivity contribution in [1.82, 2.24) is 29.0 Å². The summed E-state index contributed by atoms with van der Waals surface area (Å²) in [6.45, 7) is 6.02. The molecule has 2 aromatic heterocycles. The van der Waals surface area contributed by atoms with E-state index in [0.717, 1.165) is 37.4 Å². The third kappa shape index (κ3) is 2.64. The highest BCUT2D eigenvalue weighted by molar-refractivity contribution is 5.95. The lowest BCUT2D eigenvalue weighted by atomic mass is 10.1. The monoisotopic (exact) mass is 370 g/mol. The van der Waals surface area contributed by atoms with E-state index in [1.165, 1.54) is 12.8 Å². The van der Waals surface area contributed by atoms with Gasteiger partial charge in [-0.3, -0.25) is 14.0 Å². The molecule has 144 valence electrons. The van der Waals surface area contributed by atoms with Crippen molar-refractivity contribution in [2.45, 2.75) is 77.7 Å². The summed E-state index contributed by atoms with van der Waals surface area (Å²) in [7, 11) is 0. The predicted octanol–water partition coefficient (Wildman–Crippen LogP) is 1.21. The molecule has 8 heteroatoms. The van der Waals surface area contributed by atoms with Crippen LogP contribution in [0.4, 0.5) is 0 Å². The molecule has 2 aliphatic heterocycles. The molecule has 2 bridgehead atoms. The summed E-state index contributed by atoms with van der Waals surface area (Å²) in [5, 5.41) is 8.95. The van der Waals surface area contributed by atoms with Crippen LogP contribution in [0.25, 0.3) is 0 Å². The highest BCUT2D eigenvalue weighted by Gasteiger charge is 2.42. The number of carbonyl (C=O) groups excluding carboxylic acids is 1. The summed E-state index contributed by atoms with van der Waals surface area (Å²) < 4.78 is 5.32. The van der Waals surface area contributed by atoms with E-state index in [0.29, 0.717) is 24.4 Å². The van der Waals surface area contributed by atoms with Crippen LogP contribution in [0.5, 0.6) is 0 Å². The average molecular weight is 370 g/mol. The third-order valence-electron chi connectivity index (χ3n) is 6.43. The van der Waals surface area contributed by atoms with Gasteiger partial charge in [0, 0.05) is 37.8 Å². The maximum absolute atomic E-state index is 13.3. The van der Waals surface area contributed by atoms with E-state index in [1.807, 2.05) is 28.0 Å².